The van der Waals surface area contributed by atoms with E-state index in [2.05, 4.69) is 21.3 Å². The van der Waals surface area contributed by atoms with E-state index < -0.39 is 156 Å². The molecule has 2 aliphatic rings. The van der Waals surface area contributed by atoms with Gasteiger partial charge in [-0.3, -0.25) is 52.7 Å². The first-order valence-corrected chi connectivity index (χ1v) is 30.4. The smallest absolute Gasteiger partial charge is 0.246 e. The van der Waals surface area contributed by atoms with E-state index in [-0.39, 0.29) is 55.3 Å². The number of carbonyl (C=O) groups excluding carboxylic acids is 11. The molecule has 23 heteroatoms. The van der Waals surface area contributed by atoms with E-state index >= 15 is 9.59 Å². The van der Waals surface area contributed by atoms with Crippen molar-refractivity contribution in [2.75, 3.05) is 62.5 Å². The molecule has 23 nitrogen and oxygen atoms in total. The van der Waals surface area contributed by atoms with Crippen LogP contribution in [0.5, 0.6) is 0 Å². The number of amides is 11. The van der Waals surface area contributed by atoms with Crippen molar-refractivity contribution in [1.29, 1.82) is 0 Å². The summed E-state index contributed by atoms with van der Waals surface area (Å²) in [6.45, 7) is 30.1. The van der Waals surface area contributed by atoms with Crippen LogP contribution in [0.4, 0.5) is 0 Å². The second-order valence-electron chi connectivity index (χ2n) is 26.7. The Morgan fingerprint density at radius 3 is 1.24 bits per heavy atom. The quantitative estimate of drug-likeness (QED) is 0.220. The fourth-order valence-electron chi connectivity index (χ4n) is 11.1. The first-order chi connectivity index (χ1) is 38.7. The van der Waals surface area contributed by atoms with Crippen LogP contribution in [0.3, 0.4) is 0 Å². The molecule has 84 heavy (non-hydrogen) atoms. The Bertz CT molecular complexity index is 2310. The number of nitrogens with zero attached hydrogens (tertiary/aromatic N) is 7. The van der Waals surface area contributed by atoms with Crippen molar-refractivity contribution in [2.45, 2.75) is 216 Å². The standard InChI is InChI=1S/C61H109N11O12/c1-32(2)27-42-54(76)64-48(37(11)12)60(82)68(20)43(28-33(3)4)53(75)62-40(16)52(74)63-41(17)56(78)69(21)44(29-34(5)6)57(79)70(22)45(30-35(7)8)58(80)71(23)49(38(13)14)61(83)72(24)50(51-39(15)25-26-84-51)55(77)65-47(36(9)10)59(81)66(18)31-46(73)67(42)19/h32-45,47-51H,25-31H2,1-24H3,(H,62,75)(H,63,74)(H,64,76)(H,65,77)/t39-,40+,41-,42+,43+,44+,45+,47+,48+,49+,50+,51-/m1/s1. The zero-order valence-corrected chi connectivity index (χ0v) is 55.4. The maximum Gasteiger partial charge on any atom is 0.246 e. The van der Waals surface area contributed by atoms with Crippen molar-refractivity contribution in [3.63, 3.8) is 0 Å². The lowest BCUT2D eigenvalue weighted by Crippen LogP contribution is -2.64. The van der Waals surface area contributed by atoms with Gasteiger partial charge in [0.1, 0.15) is 60.4 Å². The molecule has 11 amide bonds. The lowest BCUT2D eigenvalue weighted by Gasteiger charge is -2.41. The molecule has 0 saturated carbocycles. The van der Waals surface area contributed by atoms with Crippen LogP contribution in [-0.2, 0) is 57.5 Å². The van der Waals surface area contributed by atoms with Crippen LogP contribution in [0.1, 0.15) is 150 Å². The molecule has 0 bridgehead atoms. The van der Waals surface area contributed by atoms with E-state index in [0.717, 1.165) is 0 Å². The molecule has 0 spiro atoms. The van der Waals surface area contributed by atoms with Crippen LogP contribution in [0, 0.1) is 47.3 Å². The van der Waals surface area contributed by atoms with Crippen molar-refractivity contribution in [1.82, 2.24) is 55.6 Å². The molecule has 0 aromatic carbocycles. The molecule has 0 aromatic rings. The number of ether oxygens (including phenoxy) is 1. The Kier molecular flexibility index (Phi) is 28.8. The zero-order valence-electron chi connectivity index (χ0n) is 55.4. The predicted octanol–water partition coefficient (Wildman–Crippen LogP) is 2.98. The Hall–Kier alpha value is -5.87. The van der Waals surface area contributed by atoms with Crippen LogP contribution < -0.4 is 21.3 Å². The third kappa shape index (κ3) is 19.6. The van der Waals surface area contributed by atoms with Gasteiger partial charge in [0.25, 0.3) is 0 Å². The van der Waals surface area contributed by atoms with Crippen molar-refractivity contribution < 1.29 is 57.5 Å². The number of likely N-dealkylation sites (N-methyl/N-ethyl adjacent to an activating group) is 7. The maximum atomic E-state index is 15.2. The monoisotopic (exact) mass is 1190 g/mol. The molecule has 2 aliphatic heterocycles. The summed E-state index contributed by atoms with van der Waals surface area (Å²) in [7, 11) is 10.2. The van der Waals surface area contributed by atoms with E-state index in [1.54, 1.807) is 41.5 Å². The third-order valence-electron chi connectivity index (χ3n) is 16.4. The van der Waals surface area contributed by atoms with Crippen LogP contribution in [0.25, 0.3) is 0 Å². The summed E-state index contributed by atoms with van der Waals surface area (Å²) in [6.07, 6.45) is 0.458. The Morgan fingerprint density at radius 1 is 0.405 bits per heavy atom. The molecule has 0 aromatic heterocycles. The number of hydrogen-bond acceptors (Lipinski definition) is 12. The summed E-state index contributed by atoms with van der Waals surface area (Å²) in [6, 6.07) is -11.7. The van der Waals surface area contributed by atoms with Crippen LogP contribution in [0.15, 0.2) is 0 Å². The number of carbonyl (C=O) groups is 11. The van der Waals surface area contributed by atoms with Crippen molar-refractivity contribution in [3.05, 3.63) is 0 Å². The van der Waals surface area contributed by atoms with Gasteiger partial charge in [-0.05, 0) is 93.3 Å². The zero-order chi connectivity index (χ0) is 64.8. The molecule has 0 unspecified atom stereocenters. The topological polar surface area (TPSA) is 268 Å². The van der Waals surface area contributed by atoms with Crippen LogP contribution >= 0.6 is 0 Å². The van der Waals surface area contributed by atoms with Gasteiger partial charge in [0.2, 0.25) is 65.0 Å². The average Bonchev–Trinajstić information content (AvgIpc) is 4.02. The highest BCUT2D eigenvalue weighted by Gasteiger charge is 2.47. The largest absolute Gasteiger partial charge is 0.375 e. The highest BCUT2D eigenvalue weighted by Crippen LogP contribution is 2.29. The van der Waals surface area contributed by atoms with E-state index in [1.807, 2.05) is 62.3 Å². The number of rotatable bonds is 12. The molecule has 4 N–H and O–H groups in total. The molecular formula is C61H109N11O12. The maximum absolute atomic E-state index is 15.2. The molecule has 480 valence electrons. The van der Waals surface area contributed by atoms with Gasteiger partial charge in [0, 0.05) is 55.9 Å². The average molecular weight is 1190 g/mol. The second kappa shape index (κ2) is 32.6. The Labute approximate surface area is 502 Å². The fraction of sp³-hybridized carbons (Fsp3) is 0.820. The Balaban J connectivity index is 2.95. The van der Waals surface area contributed by atoms with E-state index in [1.165, 1.54) is 97.5 Å². The summed E-state index contributed by atoms with van der Waals surface area (Å²) in [5.41, 5.74) is 0. The van der Waals surface area contributed by atoms with Gasteiger partial charge >= 0.3 is 0 Å². The molecule has 0 aliphatic carbocycles. The van der Waals surface area contributed by atoms with Gasteiger partial charge in [-0.15, -0.1) is 0 Å². The summed E-state index contributed by atoms with van der Waals surface area (Å²) in [5, 5.41) is 11.2. The minimum absolute atomic E-state index is 0.121. The summed E-state index contributed by atoms with van der Waals surface area (Å²) in [4.78, 5) is 169. The molecule has 2 fully saturated rings. The van der Waals surface area contributed by atoms with Gasteiger partial charge in [0.15, 0.2) is 0 Å². The highest BCUT2D eigenvalue weighted by atomic mass is 16.5. The molecule has 2 rings (SSSR count). The molecule has 2 heterocycles. The first kappa shape index (κ1) is 74.2. The van der Waals surface area contributed by atoms with E-state index in [9.17, 15) is 43.2 Å². The van der Waals surface area contributed by atoms with Crippen LogP contribution in [-0.4, -0.2) is 228 Å². The van der Waals surface area contributed by atoms with Gasteiger partial charge in [-0.2, -0.15) is 0 Å². The first-order valence-electron chi connectivity index (χ1n) is 30.4. The van der Waals surface area contributed by atoms with E-state index in [4.69, 9.17) is 4.74 Å². The van der Waals surface area contributed by atoms with Gasteiger partial charge in [-0.25, -0.2) is 0 Å². The molecule has 12 atom stereocenters. The lowest BCUT2D eigenvalue weighted by molar-refractivity contribution is -0.157. The second-order valence-corrected chi connectivity index (χ2v) is 26.7. The normalized spacial score (nSPS) is 29.0. The fourth-order valence-corrected chi connectivity index (χ4v) is 11.1. The number of hydrogen-bond donors (Lipinski definition) is 4. The molecule has 2 saturated heterocycles. The predicted molar refractivity (Wildman–Crippen MR) is 322 cm³/mol. The highest BCUT2D eigenvalue weighted by molar-refractivity contribution is 5.99. The van der Waals surface area contributed by atoms with Crippen molar-refractivity contribution >= 4 is 65.0 Å². The Morgan fingerprint density at radius 2 is 0.798 bits per heavy atom. The lowest BCUT2D eigenvalue weighted by atomic mass is 9.92. The summed E-state index contributed by atoms with van der Waals surface area (Å²) >= 11 is 0. The minimum atomic E-state index is -1.30. The minimum Gasteiger partial charge on any atom is -0.375 e. The molecule has 0 radical (unpaired) electrons. The summed E-state index contributed by atoms with van der Waals surface area (Å²) in [5.74, 6) is -9.17. The molecular weight excluding hydrogens is 1080 g/mol. The number of nitrogens with one attached hydrogen (secondary N) is 4. The van der Waals surface area contributed by atoms with Gasteiger partial charge in [-0.1, -0.05) is 104 Å². The van der Waals surface area contributed by atoms with Gasteiger partial charge < -0.3 is 60.3 Å². The van der Waals surface area contributed by atoms with Crippen molar-refractivity contribution in [2.24, 2.45) is 47.3 Å². The van der Waals surface area contributed by atoms with Crippen LogP contribution in [0.2, 0.25) is 0 Å². The van der Waals surface area contributed by atoms with E-state index in [0.29, 0.717) is 13.0 Å². The van der Waals surface area contributed by atoms with Gasteiger partial charge in [0.05, 0.1) is 12.6 Å². The summed E-state index contributed by atoms with van der Waals surface area (Å²) < 4.78 is 6.18. The van der Waals surface area contributed by atoms with Crippen molar-refractivity contribution in [3.8, 4) is 0 Å². The third-order valence-corrected chi connectivity index (χ3v) is 16.4. The SMILES string of the molecule is CC(C)C[C@H]1C(=O)N[C@@H](C(C)C)C(=O)N(C)[C@@H](CC(C)C)C(=O)N[C@@H](C)C(=O)N[C@H](C)C(=O)N(C)[C@@H](CC(C)C)C(=O)N(C)[C@@H](CC(C)C)C(=O)N(C)[C@@H](C(C)C)C(=O)N(C)[C@@H]([C@@H]2OCC[C@H]2C)C(=O)N[C@@H](C(C)C)C(=O)N(C)CC(=O)N1C.